The van der Waals surface area contributed by atoms with Crippen molar-refractivity contribution in [1.29, 1.82) is 0 Å². The van der Waals surface area contributed by atoms with Gasteiger partial charge in [-0.05, 0) is 41.0 Å². The number of carbonyl (C=O) groups is 1. The first-order valence-electron chi connectivity index (χ1n) is 9.88. The molecule has 2 N–H and O–H groups in total. The number of ether oxygens (including phenoxy) is 3. The maximum atomic E-state index is 12.4. The predicted octanol–water partition coefficient (Wildman–Crippen LogP) is 3.24. The molecule has 0 amide bonds. The molecule has 30 heavy (non-hydrogen) atoms. The number of nitrogens with zero attached hydrogens (tertiary/aromatic N) is 1. The van der Waals surface area contributed by atoms with Crippen molar-refractivity contribution in [3.63, 3.8) is 0 Å². The van der Waals surface area contributed by atoms with Crippen LogP contribution in [0.1, 0.15) is 54.6 Å². The highest BCUT2D eigenvalue weighted by atomic mass is 16.5. The number of hydrogen-bond donors (Lipinski definition) is 2. The van der Waals surface area contributed by atoms with Crippen LogP contribution in [0.4, 0.5) is 0 Å². The van der Waals surface area contributed by atoms with Gasteiger partial charge in [0.2, 0.25) is 0 Å². The van der Waals surface area contributed by atoms with Gasteiger partial charge < -0.3 is 24.3 Å². The van der Waals surface area contributed by atoms with Crippen molar-refractivity contribution in [3.05, 3.63) is 39.2 Å². The molecule has 8 nitrogen and oxygen atoms in total. The summed E-state index contributed by atoms with van der Waals surface area (Å²) in [6.07, 6.45) is 1.37. The first kappa shape index (κ1) is 21.8. The van der Waals surface area contributed by atoms with Crippen LogP contribution in [0.2, 0.25) is 0 Å². The number of aromatic nitrogens is 2. The average molecular weight is 416 g/mol. The molecule has 0 aromatic carbocycles. The van der Waals surface area contributed by atoms with E-state index in [1.165, 1.54) is 13.2 Å². The number of rotatable bonds is 7. The van der Waals surface area contributed by atoms with Crippen molar-refractivity contribution in [1.82, 2.24) is 9.97 Å². The Morgan fingerprint density at radius 2 is 2.00 bits per heavy atom. The quantitative estimate of drug-likeness (QED) is 0.667. The van der Waals surface area contributed by atoms with Crippen LogP contribution in [0.3, 0.4) is 0 Å². The van der Waals surface area contributed by atoms with Crippen LogP contribution in [0, 0.1) is 5.41 Å². The Kier molecular flexibility index (Phi) is 6.17. The zero-order valence-corrected chi connectivity index (χ0v) is 18.0. The smallest absolute Gasteiger partial charge is 0.341 e. The average Bonchev–Trinajstić information content (AvgIpc) is 2.68. The number of hydrogen-bond acceptors (Lipinski definition) is 6. The third kappa shape index (κ3) is 4.18. The van der Waals surface area contributed by atoms with E-state index in [0.717, 1.165) is 17.5 Å². The lowest BCUT2D eigenvalue weighted by atomic mass is 9.69. The molecule has 0 saturated carbocycles. The van der Waals surface area contributed by atoms with Crippen LogP contribution in [0.25, 0.3) is 11.4 Å². The Hall–Kier alpha value is -2.87. The third-order valence-corrected chi connectivity index (χ3v) is 5.36. The molecule has 1 atom stereocenters. The van der Waals surface area contributed by atoms with E-state index in [2.05, 4.69) is 30.7 Å². The fourth-order valence-corrected chi connectivity index (χ4v) is 3.80. The Bertz CT molecular complexity index is 1010. The molecule has 0 fully saturated rings. The molecule has 0 spiro atoms. The molecular formula is C22H28N2O6. The Balaban J connectivity index is 2.14. The van der Waals surface area contributed by atoms with Crippen molar-refractivity contribution in [2.75, 3.05) is 27.4 Å². The summed E-state index contributed by atoms with van der Waals surface area (Å²) in [5, 5.41) is 9.41. The van der Waals surface area contributed by atoms with Gasteiger partial charge >= 0.3 is 5.97 Å². The molecule has 0 radical (unpaired) electrons. The fourth-order valence-electron chi connectivity index (χ4n) is 3.80. The predicted molar refractivity (Wildman–Crippen MR) is 112 cm³/mol. The van der Waals surface area contributed by atoms with E-state index in [-0.39, 0.29) is 16.9 Å². The summed E-state index contributed by atoms with van der Waals surface area (Å²) in [5.41, 5.74) is 1.73. The standard InChI is InChI=1S/C22H28N2O6/c1-22(2,3)15-9-12-10-16(30-8-6-7-28-4)20(29-5)24-17(12)18-13(15)11-14(21(26)27)19(25)23-18/h10-11,15H,6-9H2,1-5H3,(H,23,25)(H,26,27)/t15-/m0/s1. The number of nitrogens with one attached hydrogen (secondary N) is 1. The van der Waals surface area contributed by atoms with Gasteiger partial charge in [0.15, 0.2) is 5.75 Å². The minimum Gasteiger partial charge on any atom is -0.488 e. The molecule has 2 aromatic rings. The SMILES string of the molecule is COCCCOc1cc2c(nc1OC)-c1[nH]c(=O)c(C(=O)O)cc1[C@@H](C(C)(C)C)C2. The molecule has 0 saturated heterocycles. The molecule has 2 heterocycles. The molecular weight excluding hydrogens is 388 g/mol. The van der Waals surface area contributed by atoms with Gasteiger partial charge in [0.1, 0.15) is 5.56 Å². The van der Waals surface area contributed by atoms with Gasteiger partial charge in [-0.1, -0.05) is 20.8 Å². The monoisotopic (exact) mass is 416 g/mol. The van der Waals surface area contributed by atoms with E-state index >= 15 is 0 Å². The maximum Gasteiger partial charge on any atom is 0.341 e. The first-order valence-corrected chi connectivity index (χ1v) is 9.88. The molecule has 1 aliphatic rings. The Labute approximate surface area is 175 Å². The highest BCUT2D eigenvalue weighted by molar-refractivity contribution is 5.88. The topological polar surface area (TPSA) is 111 Å². The number of H-pyrrole nitrogens is 1. The summed E-state index contributed by atoms with van der Waals surface area (Å²) in [4.78, 5) is 31.3. The van der Waals surface area contributed by atoms with Gasteiger partial charge in [-0.15, -0.1) is 0 Å². The number of fused-ring (bicyclic) bond motifs is 3. The molecule has 0 bridgehead atoms. The van der Waals surface area contributed by atoms with Crippen LogP contribution in [-0.4, -0.2) is 48.5 Å². The van der Waals surface area contributed by atoms with Crippen LogP contribution >= 0.6 is 0 Å². The number of pyridine rings is 2. The number of carboxylic acids is 1. The molecule has 0 aliphatic heterocycles. The highest BCUT2D eigenvalue weighted by Gasteiger charge is 2.36. The van der Waals surface area contributed by atoms with Gasteiger partial charge in [-0.3, -0.25) is 4.79 Å². The molecule has 162 valence electrons. The second kappa shape index (κ2) is 8.47. The van der Waals surface area contributed by atoms with Crippen molar-refractivity contribution < 1.29 is 24.1 Å². The maximum absolute atomic E-state index is 12.4. The van der Waals surface area contributed by atoms with Crippen LogP contribution in [0.15, 0.2) is 16.9 Å². The lowest BCUT2D eigenvalue weighted by Gasteiger charge is -2.36. The van der Waals surface area contributed by atoms with Gasteiger partial charge in [-0.2, -0.15) is 0 Å². The normalized spacial score (nSPS) is 15.3. The molecule has 8 heteroatoms. The lowest BCUT2D eigenvalue weighted by Crippen LogP contribution is -2.29. The molecule has 3 rings (SSSR count). The largest absolute Gasteiger partial charge is 0.488 e. The second-order valence-corrected chi connectivity index (χ2v) is 8.47. The lowest BCUT2D eigenvalue weighted by molar-refractivity contribution is 0.0694. The van der Waals surface area contributed by atoms with E-state index in [0.29, 0.717) is 42.7 Å². The van der Waals surface area contributed by atoms with Crippen LogP contribution < -0.4 is 15.0 Å². The van der Waals surface area contributed by atoms with Crippen molar-refractivity contribution in [2.45, 2.75) is 39.5 Å². The fraction of sp³-hybridized carbons (Fsp3) is 0.500. The summed E-state index contributed by atoms with van der Waals surface area (Å²) in [7, 11) is 3.15. The van der Waals surface area contributed by atoms with Crippen molar-refractivity contribution >= 4 is 5.97 Å². The molecule has 0 unspecified atom stereocenters. The Morgan fingerprint density at radius 3 is 2.60 bits per heavy atom. The third-order valence-electron chi connectivity index (χ3n) is 5.36. The van der Waals surface area contributed by atoms with Gasteiger partial charge in [-0.25, -0.2) is 9.78 Å². The zero-order chi connectivity index (χ0) is 22.1. The van der Waals surface area contributed by atoms with Crippen molar-refractivity contribution in [3.8, 4) is 23.0 Å². The van der Waals surface area contributed by atoms with E-state index in [1.807, 2.05) is 6.07 Å². The van der Waals surface area contributed by atoms with Gasteiger partial charge in [0.05, 0.1) is 25.1 Å². The Morgan fingerprint density at radius 1 is 1.27 bits per heavy atom. The van der Waals surface area contributed by atoms with Crippen molar-refractivity contribution in [2.24, 2.45) is 5.41 Å². The van der Waals surface area contributed by atoms with Crippen LogP contribution in [-0.2, 0) is 11.2 Å². The summed E-state index contributed by atoms with van der Waals surface area (Å²) in [6, 6.07) is 3.39. The number of aromatic carboxylic acids is 1. The van der Waals surface area contributed by atoms with E-state index in [4.69, 9.17) is 14.2 Å². The number of carboxylic acid groups (broad SMARTS) is 1. The van der Waals surface area contributed by atoms with E-state index in [1.54, 1.807) is 7.11 Å². The van der Waals surface area contributed by atoms with E-state index < -0.39 is 11.5 Å². The zero-order valence-electron chi connectivity index (χ0n) is 18.0. The number of methoxy groups -OCH3 is 2. The summed E-state index contributed by atoms with van der Waals surface area (Å²) in [6.45, 7) is 7.33. The minimum atomic E-state index is -1.25. The van der Waals surface area contributed by atoms with E-state index in [9.17, 15) is 14.7 Å². The summed E-state index contributed by atoms with van der Waals surface area (Å²) in [5.74, 6) is -0.406. The van der Waals surface area contributed by atoms with Crippen LogP contribution in [0.5, 0.6) is 11.6 Å². The summed E-state index contributed by atoms with van der Waals surface area (Å²) < 4.78 is 16.3. The molecule has 2 aromatic heterocycles. The number of aromatic amines is 1. The minimum absolute atomic E-state index is 0.00788. The summed E-state index contributed by atoms with van der Waals surface area (Å²) >= 11 is 0. The highest BCUT2D eigenvalue weighted by Crippen LogP contribution is 2.47. The second-order valence-electron chi connectivity index (χ2n) is 8.47. The van der Waals surface area contributed by atoms with Gasteiger partial charge in [0.25, 0.3) is 11.4 Å². The van der Waals surface area contributed by atoms with Gasteiger partial charge in [0, 0.05) is 20.1 Å². The first-order chi connectivity index (χ1) is 14.2. The molecule has 1 aliphatic carbocycles.